The first kappa shape index (κ1) is 36.4. The van der Waals surface area contributed by atoms with Crippen LogP contribution in [0.1, 0.15) is 138 Å². The van der Waals surface area contributed by atoms with Crippen molar-refractivity contribution in [1.29, 1.82) is 0 Å². The van der Waals surface area contributed by atoms with Crippen molar-refractivity contribution in [1.82, 2.24) is 0 Å². The van der Waals surface area contributed by atoms with Crippen molar-refractivity contribution in [3.05, 3.63) is 59.4 Å². The Balaban J connectivity index is 1.37. The third-order valence-electron chi connectivity index (χ3n) is 8.57. The second-order valence-electron chi connectivity index (χ2n) is 12.3. The highest BCUT2D eigenvalue weighted by molar-refractivity contribution is 5.91. The maximum atomic E-state index is 14.7. The lowest BCUT2D eigenvalue weighted by molar-refractivity contribution is -0.157. The second-order valence-corrected chi connectivity index (χ2v) is 12.3. The number of halogens is 3. The van der Waals surface area contributed by atoms with Gasteiger partial charge < -0.3 is 14.2 Å². The van der Waals surface area contributed by atoms with Crippen LogP contribution in [0, 0.1) is 5.82 Å². The number of rotatable bonds is 20. The lowest BCUT2D eigenvalue weighted by Crippen LogP contribution is -2.28. The van der Waals surface area contributed by atoms with Gasteiger partial charge in [0.2, 0.25) is 0 Å². The third-order valence-corrected chi connectivity index (χ3v) is 8.57. The summed E-state index contributed by atoms with van der Waals surface area (Å²) in [6, 6.07) is 11.0. The smallest absolute Gasteiger partial charge is 0.346 e. The topological polar surface area (TPSA) is 61.8 Å². The summed E-state index contributed by atoms with van der Waals surface area (Å²) >= 11 is 0. The molecule has 0 bridgehead atoms. The molecule has 2 atom stereocenters. The van der Waals surface area contributed by atoms with E-state index in [4.69, 9.17) is 14.2 Å². The Hall–Kier alpha value is -3.03. The summed E-state index contributed by atoms with van der Waals surface area (Å²) in [6.45, 7) is 4.28. The van der Waals surface area contributed by atoms with Crippen LogP contribution in [-0.2, 0) is 9.53 Å². The van der Waals surface area contributed by atoms with E-state index >= 15 is 0 Å². The van der Waals surface area contributed by atoms with Crippen molar-refractivity contribution >= 4 is 11.9 Å². The molecule has 0 heterocycles. The summed E-state index contributed by atoms with van der Waals surface area (Å²) in [5.41, 5.74) is 0.850. The maximum Gasteiger partial charge on any atom is 0.346 e. The molecule has 0 spiro atoms. The molecule has 1 saturated carbocycles. The van der Waals surface area contributed by atoms with Crippen LogP contribution >= 0.6 is 0 Å². The van der Waals surface area contributed by atoms with Crippen molar-refractivity contribution in [2.75, 3.05) is 6.61 Å². The Bertz CT molecular complexity index is 1150. The summed E-state index contributed by atoms with van der Waals surface area (Å²) in [7, 11) is 0. The van der Waals surface area contributed by atoms with E-state index in [9.17, 15) is 22.8 Å². The molecule has 250 valence electrons. The fourth-order valence-electron chi connectivity index (χ4n) is 5.75. The van der Waals surface area contributed by atoms with Crippen LogP contribution in [0.5, 0.6) is 11.5 Å². The van der Waals surface area contributed by atoms with Gasteiger partial charge in [0, 0.05) is 12.5 Å². The van der Waals surface area contributed by atoms with E-state index in [1.54, 1.807) is 12.1 Å². The summed E-state index contributed by atoms with van der Waals surface area (Å²) in [5, 5.41) is 0. The predicted octanol–water partition coefficient (Wildman–Crippen LogP) is 10.4. The van der Waals surface area contributed by atoms with Gasteiger partial charge in [-0.25, -0.2) is 22.8 Å². The van der Waals surface area contributed by atoms with Gasteiger partial charge in [-0.05, 0) is 74.3 Å². The highest BCUT2D eigenvalue weighted by atomic mass is 19.1. The molecule has 0 amide bonds. The molecule has 8 heteroatoms. The van der Waals surface area contributed by atoms with Crippen LogP contribution in [0.4, 0.5) is 13.2 Å². The zero-order valence-electron chi connectivity index (χ0n) is 27.0. The number of carbonyl (C=O) groups excluding carboxylic acids is 2. The highest BCUT2D eigenvalue weighted by Gasteiger charge is 2.28. The van der Waals surface area contributed by atoms with E-state index in [-0.39, 0.29) is 42.8 Å². The molecule has 3 rings (SSSR count). The Morgan fingerprint density at radius 1 is 0.778 bits per heavy atom. The van der Waals surface area contributed by atoms with E-state index in [1.165, 1.54) is 37.8 Å². The van der Waals surface area contributed by atoms with Gasteiger partial charge in [-0.1, -0.05) is 83.8 Å². The number of benzene rings is 2. The van der Waals surface area contributed by atoms with Crippen LogP contribution in [0.15, 0.2) is 42.5 Å². The first-order valence-electron chi connectivity index (χ1n) is 17.0. The minimum absolute atomic E-state index is 0.136. The van der Waals surface area contributed by atoms with Gasteiger partial charge in [0.05, 0.1) is 12.2 Å². The van der Waals surface area contributed by atoms with Gasteiger partial charge in [-0.15, -0.1) is 0 Å². The molecular formula is C37H51F3O5. The number of hydrogen-bond donors (Lipinski definition) is 0. The van der Waals surface area contributed by atoms with E-state index in [0.29, 0.717) is 31.4 Å². The molecular weight excluding hydrogens is 581 g/mol. The Morgan fingerprint density at radius 2 is 1.42 bits per heavy atom. The van der Waals surface area contributed by atoms with Gasteiger partial charge in [-0.2, -0.15) is 0 Å². The number of esters is 2. The number of unbranched alkanes of at least 4 members (excludes halogenated alkanes) is 7. The molecule has 5 nitrogen and oxygen atoms in total. The average molecular weight is 633 g/mol. The Morgan fingerprint density at radius 3 is 2.09 bits per heavy atom. The fraction of sp³-hybridized carbons (Fsp3) is 0.622. The molecule has 0 aliphatic heterocycles. The normalized spacial score (nSPS) is 17.8. The van der Waals surface area contributed by atoms with Gasteiger partial charge in [0.15, 0.2) is 6.17 Å². The molecule has 0 N–H and O–H groups in total. The Labute approximate surface area is 267 Å². The van der Waals surface area contributed by atoms with Gasteiger partial charge in [0.1, 0.15) is 29.6 Å². The van der Waals surface area contributed by atoms with Crippen molar-refractivity contribution in [2.24, 2.45) is 0 Å². The number of alkyl halides is 2. The average Bonchev–Trinajstić information content (AvgIpc) is 3.04. The molecule has 1 fully saturated rings. The Kier molecular flexibility index (Phi) is 16.3. The highest BCUT2D eigenvalue weighted by Crippen LogP contribution is 2.35. The van der Waals surface area contributed by atoms with Gasteiger partial charge >= 0.3 is 11.9 Å². The molecule has 0 saturated heterocycles. The lowest BCUT2D eigenvalue weighted by Gasteiger charge is -2.29. The molecule has 1 unspecified atom stereocenters. The van der Waals surface area contributed by atoms with Crippen molar-refractivity contribution in [3.63, 3.8) is 0 Å². The SMILES string of the molecule is CCCCCCCCCC(F)CCOc1ccc(C(=O)Oc2ccc(C3CCC(OC(=O)[C@@H](F)CCCC)CC3)cc2)c(F)c1. The van der Waals surface area contributed by atoms with Gasteiger partial charge in [0.25, 0.3) is 0 Å². The monoisotopic (exact) mass is 632 g/mol. The molecule has 2 aromatic carbocycles. The van der Waals surface area contributed by atoms with E-state index < -0.39 is 30.1 Å². The zero-order chi connectivity index (χ0) is 32.4. The van der Waals surface area contributed by atoms with Crippen LogP contribution in [0.3, 0.4) is 0 Å². The van der Waals surface area contributed by atoms with Crippen molar-refractivity contribution < 1.29 is 37.0 Å². The van der Waals surface area contributed by atoms with E-state index in [0.717, 1.165) is 50.2 Å². The second kappa shape index (κ2) is 20.2. The molecule has 0 aromatic heterocycles. The minimum atomic E-state index is -1.55. The molecule has 0 radical (unpaired) electrons. The van der Waals surface area contributed by atoms with Crippen LogP contribution in [-0.4, -0.2) is 37.0 Å². The van der Waals surface area contributed by atoms with E-state index in [1.807, 2.05) is 19.1 Å². The largest absolute Gasteiger partial charge is 0.493 e. The van der Waals surface area contributed by atoms with Crippen LogP contribution in [0.25, 0.3) is 0 Å². The standard InChI is InChI=1S/C37H51F3O5/c1-3-5-7-8-9-10-11-12-29(38)24-25-43-32-22-23-33(35(40)26-32)36(41)44-30-18-14-27(15-19-30)28-16-20-31(21-17-28)45-37(42)34(39)13-6-4-2/h14-15,18-19,22-23,26,28-29,31,34H,3-13,16-17,20-21,24-25H2,1-2H3/t28?,29?,31?,34-/m0/s1. The zero-order valence-corrected chi connectivity index (χ0v) is 27.0. The molecule has 1 aliphatic rings. The predicted molar refractivity (Wildman–Crippen MR) is 171 cm³/mol. The van der Waals surface area contributed by atoms with Gasteiger partial charge in [-0.3, -0.25) is 0 Å². The number of ether oxygens (including phenoxy) is 3. The maximum absolute atomic E-state index is 14.7. The number of carbonyl (C=O) groups is 2. The van der Waals surface area contributed by atoms with E-state index in [2.05, 4.69) is 6.92 Å². The molecule has 2 aromatic rings. The van der Waals surface area contributed by atoms with Crippen LogP contribution < -0.4 is 9.47 Å². The summed E-state index contributed by atoms with van der Waals surface area (Å²) in [4.78, 5) is 24.6. The summed E-state index contributed by atoms with van der Waals surface area (Å²) in [5.74, 6) is -1.56. The summed E-state index contributed by atoms with van der Waals surface area (Å²) in [6.07, 6.45) is 10.6. The summed E-state index contributed by atoms with van der Waals surface area (Å²) < 4.78 is 59.2. The lowest BCUT2D eigenvalue weighted by atomic mass is 9.83. The number of hydrogen-bond acceptors (Lipinski definition) is 5. The third kappa shape index (κ3) is 13.1. The minimum Gasteiger partial charge on any atom is -0.493 e. The van der Waals surface area contributed by atoms with Crippen LogP contribution in [0.2, 0.25) is 0 Å². The fourth-order valence-corrected chi connectivity index (χ4v) is 5.75. The molecule has 1 aliphatic carbocycles. The van der Waals surface area contributed by atoms with Crippen molar-refractivity contribution in [3.8, 4) is 11.5 Å². The quantitative estimate of drug-likeness (QED) is 0.0826. The first-order chi connectivity index (χ1) is 21.8. The first-order valence-corrected chi connectivity index (χ1v) is 17.0. The van der Waals surface area contributed by atoms with Crippen molar-refractivity contribution in [2.45, 2.75) is 141 Å². The molecule has 45 heavy (non-hydrogen) atoms.